The first-order chi connectivity index (χ1) is 12.0. The van der Waals surface area contributed by atoms with Crippen molar-refractivity contribution in [1.82, 2.24) is 4.90 Å². The van der Waals surface area contributed by atoms with Crippen LogP contribution < -0.4 is 4.90 Å². The highest BCUT2D eigenvalue weighted by molar-refractivity contribution is 5.87. The fourth-order valence-corrected chi connectivity index (χ4v) is 3.94. The van der Waals surface area contributed by atoms with Gasteiger partial charge in [0.25, 0.3) is 0 Å². The lowest BCUT2D eigenvalue weighted by atomic mass is 9.82. The van der Waals surface area contributed by atoms with Crippen LogP contribution in [0.3, 0.4) is 0 Å². The van der Waals surface area contributed by atoms with E-state index in [-0.39, 0.29) is 11.7 Å². The largest absolute Gasteiger partial charge is 0.481 e. The monoisotopic (exact) mass is 346 g/mol. The topological polar surface area (TPSA) is 70.1 Å². The van der Waals surface area contributed by atoms with Crippen LogP contribution in [0.25, 0.3) is 0 Å². The number of carboxylic acids is 1. The third-order valence-electron chi connectivity index (χ3n) is 5.25. The maximum atomic E-state index is 13.0. The van der Waals surface area contributed by atoms with Crippen LogP contribution in [-0.4, -0.2) is 60.3 Å². The Morgan fingerprint density at radius 2 is 1.60 bits per heavy atom. The summed E-state index contributed by atoms with van der Waals surface area (Å²) >= 11 is 0. The van der Waals surface area contributed by atoms with Gasteiger partial charge in [0.2, 0.25) is 5.91 Å². The molecule has 3 heterocycles. The second-order valence-electron chi connectivity index (χ2n) is 6.63. The number of carboxylic acid groups (broad SMARTS) is 1. The molecule has 3 aliphatic heterocycles. The summed E-state index contributed by atoms with van der Waals surface area (Å²) in [6.07, 6.45) is 2.59. The SMILES string of the molecule is O=C(O)[C@@H]1[C@H](C(=O)N2CCN(c3ccc(F)cc3)CC2)[C@H]2C=C[C@@H]1O2. The van der Waals surface area contributed by atoms with Gasteiger partial charge in [-0.2, -0.15) is 0 Å². The molecule has 3 aliphatic rings. The number of fused-ring (bicyclic) bond motifs is 2. The van der Waals surface area contributed by atoms with E-state index in [0.29, 0.717) is 26.2 Å². The van der Waals surface area contributed by atoms with Crippen LogP contribution in [0.1, 0.15) is 0 Å². The molecule has 1 aromatic rings. The van der Waals surface area contributed by atoms with Gasteiger partial charge in [-0.3, -0.25) is 9.59 Å². The molecule has 2 fully saturated rings. The molecule has 1 aromatic carbocycles. The molecule has 7 heteroatoms. The highest BCUT2D eigenvalue weighted by atomic mass is 19.1. The number of ether oxygens (including phenoxy) is 1. The smallest absolute Gasteiger partial charge is 0.310 e. The maximum absolute atomic E-state index is 13.0. The molecule has 0 spiro atoms. The number of aliphatic carboxylic acids is 1. The van der Waals surface area contributed by atoms with E-state index in [1.165, 1.54) is 12.1 Å². The summed E-state index contributed by atoms with van der Waals surface area (Å²) in [6.45, 7) is 2.29. The van der Waals surface area contributed by atoms with Crippen LogP contribution in [0.2, 0.25) is 0 Å². The number of anilines is 1. The summed E-state index contributed by atoms with van der Waals surface area (Å²) in [5, 5.41) is 9.44. The zero-order valence-corrected chi connectivity index (χ0v) is 13.5. The maximum Gasteiger partial charge on any atom is 0.310 e. The lowest BCUT2D eigenvalue weighted by molar-refractivity contribution is -0.149. The van der Waals surface area contributed by atoms with E-state index in [9.17, 15) is 19.1 Å². The first kappa shape index (κ1) is 16.1. The number of carbonyl (C=O) groups excluding carboxylic acids is 1. The molecule has 132 valence electrons. The van der Waals surface area contributed by atoms with Crippen molar-refractivity contribution >= 4 is 17.6 Å². The highest BCUT2D eigenvalue weighted by Crippen LogP contribution is 2.40. The Balaban J connectivity index is 1.42. The summed E-state index contributed by atoms with van der Waals surface area (Å²) in [5.41, 5.74) is 0.920. The molecule has 0 aromatic heterocycles. The average molecular weight is 346 g/mol. The Hall–Kier alpha value is -2.41. The molecule has 1 N–H and O–H groups in total. The normalized spacial score (nSPS) is 30.8. The van der Waals surface area contributed by atoms with Gasteiger partial charge in [-0.1, -0.05) is 12.2 Å². The van der Waals surface area contributed by atoms with Crippen LogP contribution >= 0.6 is 0 Å². The van der Waals surface area contributed by atoms with Crippen molar-refractivity contribution in [3.05, 3.63) is 42.2 Å². The molecule has 0 saturated carbocycles. The standard InChI is InChI=1S/C18H19FN2O4/c19-11-1-3-12(4-2-11)20-7-9-21(10-8-20)17(22)15-13-5-6-14(25-13)16(15)18(23)24/h1-6,13-16H,7-10H2,(H,23,24)/t13-,14+,15-,16+/m1/s1. The molecular weight excluding hydrogens is 327 g/mol. The summed E-state index contributed by atoms with van der Waals surface area (Å²) in [7, 11) is 0. The van der Waals surface area contributed by atoms with Crippen molar-refractivity contribution in [2.45, 2.75) is 12.2 Å². The molecule has 6 nitrogen and oxygen atoms in total. The van der Waals surface area contributed by atoms with Crippen LogP contribution in [0.5, 0.6) is 0 Å². The van der Waals surface area contributed by atoms with Crippen molar-refractivity contribution in [2.75, 3.05) is 31.1 Å². The average Bonchev–Trinajstić information content (AvgIpc) is 3.23. The van der Waals surface area contributed by atoms with Crippen molar-refractivity contribution in [3.8, 4) is 0 Å². The Morgan fingerprint density at radius 3 is 2.20 bits per heavy atom. The number of halogens is 1. The first-order valence-electron chi connectivity index (χ1n) is 8.40. The first-order valence-corrected chi connectivity index (χ1v) is 8.40. The lowest BCUT2D eigenvalue weighted by Crippen LogP contribution is -2.53. The lowest BCUT2D eigenvalue weighted by Gasteiger charge is -2.38. The van der Waals surface area contributed by atoms with Gasteiger partial charge in [-0.25, -0.2) is 4.39 Å². The Bertz CT molecular complexity index is 712. The number of piperazine rings is 1. The molecule has 1 amide bonds. The summed E-state index contributed by atoms with van der Waals surface area (Å²) in [5.74, 6) is -2.87. The van der Waals surface area contributed by atoms with E-state index in [1.54, 1.807) is 29.2 Å². The van der Waals surface area contributed by atoms with Crippen molar-refractivity contribution in [2.24, 2.45) is 11.8 Å². The molecule has 0 unspecified atom stereocenters. The van der Waals surface area contributed by atoms with Gasteiger partial charge >= 0.3 is 5.97 Å². The van der Waals surface area contributed by atoms with Crippen LogP contribution in [-0.2, 0) is 14.3 Å². The fourth-order valence-electron chi connectivity index (χ4n) is 3.94. The van der Waals surface area contributed by atoms with Gasteiger partial charge < -0.3 is 19.6 Å². The van der Waals surface area contributed by atoms with Crippen LogP contribution in [0.4, 0.5) is 10.1 Å². The summed E-state index contributed by atoms with van der Waals surface area (Å²) in [4.78, 5) is 28.2. The minimum absolute atomic E-state index is 0.150. The predicted molar refractivity (Wildman–Crippen MR) is 87.6 cm³/mol. The third-order valence-corrected chi connectivity index (χ3v) is 5.25. The van der Waals surface area contributed by atoms with Gasteiger partial charge in [0, 0.05) is 31.9 Å². The molecule has 2 bridgehead atoms. The van der Waals surface area contributed by atoms with E-state index in [0.717, 1.165) is 5.69 Å². The van der Waals surface area contributed by atoms with E-state index in [2.05, 4.69) is 4.90 Å². The second-order valence-corrected chi connectivity index (χ2v) is 6.63. The summed E-state index contributed by atoms with van der Waals surface area (Å²) < 4.78 is 18.6. The second kappa shape index (κ2) is 6.15. The van der Waals surface area contributed by atoms with Crippen LogP contribution in [0, 0.1) is 17.7 Å². The van der Waals surface area contributed by atoms with Gasteiger partial charge in [-0.15, -0.1) is 0 Å². The zero-order chi connectivity index (χ0) is 17.6. The molecule has 0 radical (unpaired) electrons. The number of nitrogens with zero attached hydrogens (tertiary/aromatic N) is 2. The van der Waals surface area contributed by atoms with Gasteiger partial charge in [0.15, 0.2) is 0 Å². The van der Waals surface area contributed by atoms with Crippen molar-refractivity contribution in [3.63, 3.8) is 0 Å². The van der Waals surface area contributed by atoms with Gasteiger partial charge in [-0.05, 0) is 24.3 Å². The minimum atomic E-state index is -0.986. The van der Waals surface area contributed by atoms with Crippen molar-refractivity contribution < 1.29 is 23.8 Å². The number of rotatable bonds is 3. The molecule has 0 aliphatic carbocycles. The Morgan fingerprint density at radius 1 is 1.00 bits per heavy atom. The number of carbonyl (C=O) groups is 2. The summed E-state index contributed by atoms with van der Waals surface area (Å²) in [6, 6.07) is 6.29. The number of hydrogen-bond acceptors (Lipinski definition) is 4. The van der Waals surface area contributed by atoms with Gasteiger partial charge in [0.1, 0.15) is 11.7 Å². The van der Waals surface area contributed by atoms with E-state index >= 15 is 0 Å². The molecule has 4 rings (SSSR count). The highest BCUT2D eigenvalue weighted by Gasteiger charge is 2.54. The predicted octanol–water partition coefficient (Wildman–Crippen LogP) is 1.13. The Kier molecular flexibility index (Phi) is 3.95. The zero-order valence-electron chi connectivity index (χ0n) is 13.5. The quantitative estimate of drug-likeness (QED) is 0.831. The van der Waals surface area contributed by atoms with Crippen molar-refractivity contribution in [1.29, 1.82) is 0 Å². The number of hydrogen-bond donors (Lipinski definition) is 1. The molecule has 2 saturated heterocycles. The van der Waals surface area contributed by atoms with E-state index < -0.39 is 30.0 Å². The number of amides is 1. The van der Waals surface area contributed by atoms with Gasteiger partial charge in [0.05, 0.1) is 18.1 Å². The third kappa shape index (κ3) is 2.78. The van der Waals surface area contributed by atoms with Crippen LogP contribution in [0.15, 0.2) is 36.4 Å². The van der Waals surface area contributed by atoms with E-state index in [4.69, 9.17) is 4.74 Å². The van der Waals surface area contributed by atoms with E-state index in [1.807, 2.05) is 0 Å². The Labute approximate surface area is 144 Å². The molecule has 4 atom stereocenters. The minimum Gasteiger partial charge on any atom is -0.481 e. The number of benzene rings is 1. The molecular formula is C18H19FN2O4. The fraction of sp³-hybridized carbons (Fsp3) is 0.444. The molecule has 25 heavy (non-hydrogen) atoms.